The van der Waals surface area contributed by atoms with Crippen molar-refractivity contribution >= 4 is 0 Å². The first-order chi connectivity index (χ1) is 9.77. The third kappa shape index (κ3) is 1.77. The van der Waals surface area contributed by atoms with Gasteiger partial charge in [-0.1, -0.05) is 24.3 Å². The molecule has 0 bridgehead atoms. The number of quaternary nitrogens is 1. The standard InChI is InChI=1S/C17H24NO2/c1-19-16-14-6-2-3-7-15(14)17(20-16)8-12-18(13-9-17)10-4-5-11-18/h2-3,6-7,16H,4-5,8-13H2,1H3/q+1. The number of hydrogen-bond donors (Lipinski definition) is 0. The first-order valence-electron chi connectivity index (χ1n) is 7.92. The lowest BCUT2D eigenvalue weighted by atomic mass is 9.83. The molecule has 3 heteroatoms. The van der Waals surface area contributed by atoms with Gasteiger partial charge in [-0.3, -0.25) is 0 Å². The first kappa shape index (κ1) is 12.8. The molecule has 2 saturated heterocycles. The van der Waals surface area contributed by atoms with Crippen LogP contribution in [0.5, 0.6) is 0 Å². The molecule has 3 heterocycles. The van der Waals surface area contributed by atoms with E-state index in [9.17, 15) is 0 Å². The molecule has 1 unspecified atom stereocenters. The highest BCUT2D eigenvalue weighted by Crippen LogP contribution is 2.50. The predicted octanol–water partition coefficient (Wildman–Crippen LogP) is 2.96. The van der Waals surface area contributed by atoms with Crippen LogP contribution >= 0.6 is 0 Å². The molecular formula is C17H24NO2+. The largest absolute Gasteiger partial charge is 0.352 e. The highest BCUT2D eigenvalue weighted by atomic mass is 16.7. The van der Waals surface area contributed by atoms with E-state index in [4.69, 9.17) is 9.47 Å². The molecule has 1 aromatic rings. The molecule has 4 rings (SSSR count). The van der Waals surface area contributed by atoms with Crippen molar-refractivity contribution in [1.29, 1.82) is 0 Å². The van der Waals surface area contributed by atoms with Gasteiger partial charge in [-0.05, 0) is 5.56 Å². The second-order valence-corrected chi connectivity index (χ2v) is 6.71. The molecule has 0 amide bonds. The molecule has 1 atom stereocenters. The molecule has 2 spiro atoms. The SMILES string of the molecule is COC1OC2(CC[N+]3(CCCC3)CC2)c2ccccc21. The number of nitrogens with zero attached hydrogens (tertiary/aromatic N) is 1. The van der Waals surface area contributed by atoms with E-state index in [1.54, 1.807) is 7.11 Å². The maximum atomic E-state index is 6.38. The summed E-state index contributed by atoms with van der Waals surface area (Å²) in [5.74, 6) is 0. The Morgan fingerprint density at radius 1 is 1.10 bits per heavy atom. The number of methoxy groups -OCH3 is 1. The zero-order valence-electron chi connectivity index (χ0n) is 12.3. The van der Waals surface area contributed by atoms with Crippen LogP contribution in [0.2, 0.25) is 0 Å². The van der Waals surface area contributed by atoms with Crippen LogP contribution < -0.4 is 0 Å². The van der Waals surface area contributed by atoms with Crippen LogP contribution in [-0.2, 0) is 15.1 Å². The number of hydrogen-bond acceptors (Lipinski definition) is 2. The fourth-order valence-electron chi connectivity index (χ4n) is 4.54. The summed E-state index contributed by atoms with van der Waals surface area (Å²) in [5, 5.41) is 0. The van der Waals surface area contributed by atoms with Crippen molar-refractivity contribution in [3.05, 3.63) is 35.4 Å². The van der Waals surface area contributed by atoms with E-state index in [1.165, 1.54) is 54.6 Å². The van der Waals surface area contributed by atoms with Gasteiger partial charge in [0, 0.05) is 38.4 Å². The maximum absolute atomic E-state index is 6.38. The Morgan fingerprint density at radius 2 is 1.80 bits per heavy atom. The lowest BCUT2D eigenvalue weighted by Gasteiger charge is -2.45. The average Bonchev–Trinajstić information content (AvgIpc) is 3.07. The van der Waals surface area contributed by atoms with Crippen molar-refractivity contribution in [2.75, 3.05) is 33.3 Å². The number of ether oxygens (including phenoxy) is 2. The van der Waals surface area contributed by atoms with Gasteiger partial charge in [0.15, 0.2) is 6.29 Å². The van der Waals surface area contributed by atoms with Crippen molar-refractivity contribution in [3.63, 3.8) is 0 Å². The minimum absolute atomic E-state index is 0.0800. The smallest absolute Gasteiger partial charge is 0.184 e. The van der Waals surface area contributed by atoms with E-state index < -0.39 is 0 Å². The molecule has 108 valence electrons. The summed E-state index contributed by atoms with van der Waals surface area (Å²) in [4.78, 5) is 0. The summed E-state index contributed by atoms with van der Waals surface area (Å²) in [7, 11) is 1.75. The van der Waals surface area contributed by atoms with Crippen molar-refractivity contribution in [2.24, 2.45) is 0 Å². The number of benzene rings is 1. The van der Waals surface area contributed by atoms with Crippen LogP contribution in [0.1, 0.15) is 43.1 Å². The van der Waals surface area contributed by atoms with Crippen molar-refractivity contribution in [1.82, 2.24) is 0 Å². The summed E-state index contributed by atoms with van der Waals surface area (Å²) in [6.07, 6.45) is 4.93. The quantitative estimate of drug-likeness (QED) is 0.733. The van der Waals surface area contributed by atoms with E-state index >= 15 is 0 Å². The van der Waals surface area contributed by atoms with E-state index in [2.05, 4.69) is 24.3 Å². The highest BCUT2D eigenvalue weighted by Gasteiger charge is 2.51. The summed E-state index contributed by atoms with van der Waals surface area (Å²) in [6.45, 7) is 5.30. The van der Waals surface area contributed by atoms with Crippen molar-refractivity contribution < 1.29 is 14.0 Å². The molecule has 3 nitrogen and oxygen atoms in total. The Kier molecular flexibility index (Phi) is 2.92. The first-order valence-corrected chi connectivity index (χ1v) is 7.92. The van der Waals surface area contributed by atoms with Gasteiger partial charge in [-0.2, -0.15) is 0 Å². The second-order valence-electron chi connectivity index (χ2n) is 6.71. The van der Waals surface area contributed by atoms with Crippen molar-refractivity contribution in [3.8, 4) is 0 Å². The minimum Gasteiger partial charge on any atom is -0.352 e. The van der Waals surface area contributed by atoms with Crippen LogP contribution in [-0.4, -0.2) is 37.8 Å². The predicted molar refractivity (Wildman–Crippen MR) is 77.2 cm³/mol. The monoisotopic (exact) mass is 274 g/mol. The second kappa shape index (κ2) is 4.55. The van der Waals surface area contributed by atoms with Gasteiger partial charge in [-0.15, -0.1) is 0 Å². The Balaban J connectivity index is 1.63. The highest BCUT2D eigenvalue weighted by molar-refractivity contribution is 5.37. The molecule has 3 aliphatic rings. The van der Waals surface area contributed by atoms with Gasteiger partial charge in [0.05, 0.1) is 26.2 Å². The molecular weight excluding hydrogens is 250 g/mol. The van der Waals surface area contributed by atoms with Crippen LogP contribution in [0.25, 0.3) is 0 Å². The van der Waals surface area contributed by atoms with Gasteiger partial charge in [-0.25, -0.2) is 0 Å². The van der Waals surface area contributed by atoms with Gasteiger partial charge < -0.3 is 14.0 Å². The summed E-state index contributed by atoms with van der Waals surface area (Å²) >= 11 is 0. The lowest BCUT2D eigenvalue weighted by Crippen LogP contribution is -2.54. The van der Waals surface area contributed by atoms with Crippen LogP contribution in [0.4, 0.5) is 0 Å². The van der Waals surface area contributed by atoms with E-state index in [0.717, 1.165) is 12.8 Å². The molecule has 0 N–H and O–H groups in total. The van der Waals surface area contributed by atoms with Gasteiger partial charge in [0.2, 0.25) is 0 Å². The third-order valence-corrected chi connectivity index (χ3v) is 5.75. The van der Waals surface area contributed by atoms with E-state index in [-0.39, 0.29) is 11.9 Å². The number of fused-ring (bicyclic) bond motifs is 2. The summed E-state index contributed by atoms with van der Waals surface area (Å²) < 4.78 is 13.3. The zero-order valence-corrected chi connectivity index (χ0v) is 12.3. The number of rotatable bonds is 1. The maximum Gasteiger partial charge on any atom is 0.184 e. The van der Waals surface area contributed by atoms with Crippen LogP contribution in [0.3, 0.4) is 0 Å². The minimum atomic E-state index is -0.170. The molecule has 0 saturated carbocycles. The fourth-order valence-corrected chi connectivity index (χ4v) is 4.54. The Bertz CT molecular complexity index is 497. The van der Waals surface area contributed by atoms with Gasteiger partial charge >= 0.3 is 0 Å². The van der Waals surface area contributed by atoms with Gasteiger partial charge in [0.1, 0.15) is 5.60 Å². The molecule has 20 heavy (non-hydrogen) atoms. The molecule has 3 aliphatic heterocycles. The Labute approximate surface area is 121 Å². The Hall–Kier alpha value is -0.900. The zero-order chi connectivity index (χ0) is 13.6. The Morgan fingerprint density at radius 3 is 2.50 bits per heavy atom. The topological polar surface area (TPSA) is 18.5 Å². The molecule has 0 radical (unpaired) electrons. The van der Waals surface area contributed by atoms with Crippen LogP contribution in [0, 0.1) is 0 Å². The third-order valence-electron chi connectivity index (χ3n) is 5.75. The fraction of sp³-hybridized carbons (Fsp3) is 0.647. The van der Waals surface area contributed by atoms with E-state index in [0.29, 0.717) is 0 Å². The molecule has 0 aliphatic carbocycles. The lowest BCUT2D eigenvalue weighted by molar-refractivity contribution is -0.924. The van der Waals surface area contributed by atoms with Crippen LogP contribution in [0.15, 0.2) is 24.3 Å². The van der Waals surface area contributed by atoms with Crippen molar-refractivity contribution in [2.45, 2.75) is 37.6 Å². The molecule has 2 fully saturated rings. The average molecular weight is 274 g/mol. The molecule has 1 aromatic carbocycles. The van der Waals surface area contributed by atoms with Gasteiger partial charge in [0.25, 0.3) is 0 Å². The normalized spacial score (nSPS) is 29.9. The van der Waals surface area contributed by atoms with E-state index in [1.807, 2.05) is 0 Å². The summed E-state index contributed by atoms with van der Waals surface area (Å²) in [6, 6.07) is 8.63. The summed E-state index contributed by atoms with van der Waals surface area (Å²) in [5.41, 5.74) is 2.54. The number of piperidine rings is 1. The molecule has 0 aromatic heterocycles.